The van der Waals surface area contributed by atoms with Gasteiger partial charge in [0.1, 0.15) is 5.82 Å². The fraction of sp³-hybridized carbons (Fsp3) is 0.692. The molecule has 1 fully saturated rings. The molecule has 0 radical (unpaired) electrons. The van der Waals surface area contributed by atoms with Crippen molar-refractivity contribution in [2.24, 2.45) is 5.92 Å². The normalized spacial score (nSPS) is 24.4. The Morgan fingerprint density at radius 1 is 1.24 bits per heavy atom. The predicted octanol–water partition coefficient (Wildman–Crippen LogP) is 2.53. The van der Waals surface area contributed by atoms with Crippen LogP contribution in [0, 0.1) is 5.92 Å². The fourth-order valence-electron chi connectivity index (χ4n) is 2.25. The molecule has 94 valence electrons. The van der Waals surface area contributed by atoms with Crippen LogP contribution in [0.5, 0.6) is 0 Å². The van der Waals surface area contributed by atoms with Gasteiger partial charge in [-0.15, -0.1) is 0 Å². The zero-order chi connectivity index (χ0) is 12.3. The molecular formula is C13H22N4. The predicted molar refractivity (Wildman–Crippen MR) is 71.4 cm³/mol. The quantitative estimate of drug-likeness (QED) is 0.872. The Morgan fingerprint density at radius 3 is 2.59 bits per heavy atom. The zero-order valence-electron chi connectivity index (χ0n) is 11.0. The van der Waals surface area contributed by atoms with Crippen LogP contribution >= 0.6 is 0 Å². The lowest BCUT2D eigenvalue weighted by atomic mass is 9.87. The number of hydrogen-bond donors (Lipinski definition) is 1. The molecule has 4 heteroatoms. The fourth-order valence-corrected chi connectivity index (χ4v) is 2.25. The van der Waals surface area contributed by atoms with Gasteiger partial charge in [-0.2, -0.15) is 4.98 Å². The maximum Gasteiger partial charge on any atom is 0.224 e. The van der Waals surface area contributed by atoms with Crippen LogP contribution in [0.3, 0.4) is 0 Å². The van der Waals surface area contributed by atoms with E-state index in [9.17, 15) is 0 Å². The summed E-state index contributed by atoms with van der Waals surface area (Å²) in [6.45, 7) is 2.33. The molecular weight excluding hydrogens is 212 g/mol. The van der Waals surface area contributed by atoms with E-state index in [1.807, 2.05) is 31.3 Å². The highest BCUT2D eigenvalue weighted by Gasteiger charge is 2.18. The lowest BCUT2D eigenvalue weighted by molar-refractivity contribution is 0.360. The molecule has 0 aromatic carbocycles. The van der Waals surface area contributed by atoms with Crippen LogP contribution in [-0.2, 0) is 0 Å². The third-order valence-corrected chi connectivity index (χ3v) is 3.45. The average molecular weight is 234 g/mol. The standard InChI is InChI=1S/C13H22N4/c1-10-4-6-11(7-5-10)15-13-14-9-8-12(16-13)17(2)3/h8-11H,4-7H2,1-3H3,(H,14,15,16). The summed E-state index contributed by atoms with van der Waals surface area (Å²) in [4.78, 5) is 10.8. The zero-order valence-corrected chi connectivity index (χ0v) is 11.0. The summed E-state index contributed by atoms with van der Waals surface area (Å²) in [5, 5.41) is 3.45. The van der Waals surface area contributed by atoms with Gasteiger partial charge in [0.2, 0.25) is 5.95 Å². The van der Waals surface area contributed by atoms with E-state index in [1.54, 1.807) is 0 Å². The van der Waals surface area contributed by atoms with Gasteiger partial charge in [0.25, 0.3) is 0 Å². The molecule has 1 N–H and O–H groups in total. The largest absolute Gasteiger partial charge is 0.363 e. The van der Waals surface area contributed by atoms with Crippen molar-refractivity contribution in [3.05, 3.63) is 12.3 Å². The smallest absolute Gasteiger partial charge is 0.224 e. The summed E-state index contributed by atoms with van der Waals surface area (Å²) in [5.74, 6) is 2.59. The van der Waals surface area contributed by atoms with Crippen LogP contribution in [0.25, 0.3) is 0 Å². The summed E-state index contributed by atoms with van der Waals surface area (Å²) in [6.07, 6.45) is 6.90. The Kier molecular flexibility index (Phi) is 3.82. The summed E-state index contributed by atoms with van der Waals surface area (Å²) in [7, 11) is 3.99. The second kappa shape index (κ2) is 5.34. The van der Waals surface area contributed by atoms with E-state index in [0.717, 1.165) is 17.7 Å². The van der Waals surface area contributed by atoms with Crippen molar-refractivity contribution in [2.75, 3.05) is 24.3 Å². The Bertz CT molecular complexity index is 356. The van der Waals surface area contributed by atoms with Crippen molar-refractivity contribution >= 4 is 11.8 Å². The Hall–Kier alpha value is -1.32. The molecule has 0 atom stereocenters. The first kappa shape index (κ1) is 12.1. The topological polar surface area (TPSA) is 41.1 Å². The molecule has 17 heavy (non-hydrogen) atoms. The van der Waals surface area contributed by atoms with Gasteiger partial charge < -0.3 is 10.2 Å². The van der Waals surface area contributed by atoms with E-state index in [-0.39, 0.29) is 0 Å². The van der Waals surface area contributed by atoms with Gasteiger partial charge in [0.05, 0.1) is 0 Å². The molecule has 0 aliphatic heterocycles. The minimum absolute atomic E-state index is 0.545. The summed E-state index contributed by atoms with van der Waals surface area (Å²) >= 11 is 0. The SMILES string of the molecule is CC1CCC(Nc2nccc(N(C)C)n2)CC1. The summed E-state index contributed by atoms with van der Waals surface area (Å²) < 4.78 is 0. The van der Waals surface area contributed by atoms with Gasteiger partial charge in [-0.1, -0.05) is 6.92 Å². The molecule has 1 heterocycles. The molecule has 0 unspecified atom stereocenters. The second-order valence-electron chi connectivity index (χ2n) is 5.23. The number of rotatable bonds is 3. The Balaban J connectivity index is 1.96. The van der Waals surface area contributed by atoms with Crippen molar-refractivity contribution < 1.29 is 0 Å². The molecule has 0 saturated heterocycles. The maximum absolute atomic E-state index is 4.49. The highest BCUT2D eigenvalue weighted by Crippen LogP contribution is 2.25. The van der Waals surface area contributed by atoms with Gasteiger partial charge in [-0.3, -0.25) is 0 Å². The van der Waals surface area contributed by atoms with E-state index in [1.165, 1.54) is 25.7 Å². The van der Waals surface area contributed by atoms with E-state index >= 15 is 0 Å². The van der Waals surface area contributed by atoms with Crippen molar-refractivity contribution in [1.29, 1.82) is 0 Å². The van der Waals surface area contributed by atoms with Crippen LogP contribution < -0.4 is 10.2 Å². The number of anilines is 2. The average Bonchev–Trinajstić information content (AvgIpc) is 2.32. The summed E-state index contributed by atoms with van der Waals surface area (Å²) in [6, 6.07) is 2.47. The van der Waals surface area contributed by atoms with Crippen LogP contribution in [0.4, 0.5) is 11.8 Å². The first-order valence-electron chi connectivity index (χ1n) is 6.42. The molecule has 1 aliphatic carbocycles. The maximum atomic E-state index is 4.49. The Morgan fingerprint density at radius 2 is 1.94 bits per heavy atom. The van der Waals surface area contributed by atoms with Crippen LogP contribution in [0.1, 0.15) is 32.6 Å². The minimum Gasteiger partial charge on any atom is -0.363 e. The van der Waals surface area contributed by atoms with Crippen LogP contribution in [0.2, 0.25) is 0 Å². The lowest BCUT2D eigenvalue weighted by Gasteiger charge is -2.27. The Labute approximate surface area is 103 Å². The molecule has 1 aromatic heterocycles. The monoisotopic (exact) mass is 234 g/mol. The van der Waals surface area contributed by atoms with Gasteiger partial charge in [-0.25, -0.2) is 4.98 Å². The first-order chi connectivity index (χ1) is 8.15. The lowest BCUT2D eigenvalue weighted by Crippen LogP contribution is -2.26. The summed E-state index contributed by atoms with van der Waals surface area (Å²) in [5.41, 5.74) is 0. The van der Waals surface area contributed by atoms with E-state index in [0.29, 0.717) is 6.04 Å². The molecule has 1 aromatic rings. The molecule has 1 aliphatic rings. The van der Waals surface area contributed by atoms with Gasteiger partial charge in [-0.05, 0) is 37.7 Å². The highest BCUT2D eigenvalue weighted by atomic mass is 15.2. The molecule has 4 nitrogen and oxygen atoms in total. The van der Waals surface area contributed by atoms with Gasteiger partial charge in [0, 0.05) is 26.3 Å². The molecule has 0 bridgehead atoms. The van der Waals surface area contributed by atoms with Crippen molar-refractivity contribution in [3.8, 4) is 0 Å². The number of hydrogen-bond acceptors (Lipinski definition) is 4. The minimum atomic E-state index is 0.545. The second-order valence-corrected chi connectivity index (χ2v) is 5.23. The van der Waals surface area contributed by atoms with Gasteiger partial charge in [0.15, 0.2) is 0 Å². The van der Waals surface area contributed by atoms with Crippen LogP contribution in [-0.4, -0.2) is 30.1 Å². The van der Waals surface area contributed by atoms with Crippen molar-refractivity contribution in [2.45, 2.75) is 38.6 Å². The number of nitrogens with one attached hydrogen (secondary N) is 1. The third kappa shape index (κ3) is 3.32. The van der Waals surface area contributed by atoms with Crippen molar-refractivity contribution in [3.63, 3.8) is 0 Å². The molecule has 0 amide bonds. The third-order valence-electron chi connectivity index (χ3n) is 3.45. The number of nitrogens with zero attached hydrogens (tertiary/aromatic N) is 3. The van der Waals surface area contributed by atoms with Gasteiger partial charge >= 0.3 is 0 Å². The molecule has 2 rings (SSSR count). The molecule has 1 saturated carbocycles. The van der Waals surface area contributed by atoms with E-state index < -0.39 is 0 Å². The van der Waals surface area contributed by atoms with E-state index in [2.05, 4.69) is 22.2 Å². The van der Waals surface area contributed by atoms with Crippen LogP contribution in [0.15, 0.2) is 12.3 Å². The van der Waals surface area contributed by atoms with Crippen molar-refractivity contribution in [1.82, 2.24) is 9.97 Å². The highest BCUT2D eigenvalue weighted by molar-refractivity contribution is 5.41. The first-order valence-corrected chi connectivity index (χ1v) is 6.42. The molecule has 0 spiro atoms. The van der Waals surface area contributed by atoms with E-state index in [4.69, 9.17) is 0 Å². The number of aromatic nitrogens is 2.